The van der Waals surface area contributed by atoms with E-state index in [1.54, 1.807) is 18.2 Å². The average molecular weight is 383 g/mol. The van der Waals surface area contributed by atoms with E-state index >= 15 is 0 Å². The number of halogens is 2. The van der Waals surface area contributed by atoms with Crippen molar-refractivity contribution in [2.24, 2.45) is 0 Å². The lowest BCUT2D eigenvalue weighted by Crippen LogP contribution is -2.35. The number of nitriles is 1. The number of nitrogens with zero attached hydrogens (tertiary/aromatic N) is 3. The summed E-state index contributed by atoms with van der Waals surface area (Å²) in [6.07, 6.45) is 3.22. The third kappa shape index (κ3) is 5.12. The predicted molar refractivity (Wildman–Crippen MR) is 109 cm³/mol. The minimum atomic E-state index is -0.330. The van der Waals surface area contributed by atoms with Crippen molar-refractivity contribution in [1.29, 1.82) is 5.26 Å². The van der Waals surface area contributed by atoms with E-state index < -0.39 is 0 Å². The zero-order valence-electron chi connectivity index (χ0n) is 14.9. The molecule has 7 heteroatoms. The highest BCUT2D eigenvalue weighted by Gasteiger charge is 2.25. The fourth-order valence-electron chi connectivity index (χ4n) is 2.98. The van der Waals surface area contributed by atoms with Crippen molar-refractivity contribution in [3.8, 4) is 5.97 Å². The molecule has 0 unspecified atom stereocenters. The molecule has 1 fully saturated rings. The lowest BCUT2D eigenvalue weighted by Gasteiger charge is -2.33. The molecule has 2 aromatic carbocycles. The molecule has 0 aromatic heterocycles. The molecule has 1 heterocycles. The largest absolute Gasteiger partial charge is 0.299 e. The molecule has 1 aliphatic heterocycles. The normalized spacial score (nSPS) is 14.6. The van der Waals surface area contributed by atoms with Gasteiger partial charge < -0.3 is 0 Å². The summed E-state index contributed by atoms with van der Waals surface area (Å²) in [6, 6.07) is 11.3. The molecule has 2 aromatic rings. The Labute approximate surface area is 163 Å². The summed E-state index contributed by atoms with van der Waals surface area (Å²) in [4.78, 5) is 0. The van der Waals surface area contributed by atoms with E-state index in [-0.39, 0.29) is 18.3 Å². The van der Waals surface area contributed by atoms with Gasteiger partial charge in [0, 0.05) is 36.8 Å². The second-order valence-corrected chi connectivity index (χ2v) is 7.61. The number of anilines is 1. The smallest absolute Gasteiger partial charge is 0.270 e. The van der Waals surface area contributed by atoms with Crippen molar-refractivity contribution >= 4 is 30.6 Å². The molecule has 3 nitrogen and oxygen atoms in total. The maximum atomic E-state index is 14.5. The van der Waals surface area contributed by atoms with E-state index in [2.05, 4.69) is 16.9 Å². The third-order valence-corrected chi connectivity index (χ3v) is 5.71. The molecule has 3 rings (SSSR count). The van der Waals surface area contributed by atoms with E-state index in [1.807, 2.05) is 16.4 Å². The molecule has 0 saturated carbocycles. The van der Waals surface area contributed by atoms with E-state index in [4.69, 9.17) is 5.26 Å². The fourth-order valence-corrected chi connectivity index (χ4v) is 4.04. The number of hydrogen-bond donors (Lipinski definition) is 0. The van der Waals surface area contributed by atoms with Gasteiger partial charge in [0.15, 0.2) is 0 Å². The van der Waals surface area contributed by atoms with Crippen molar-refractivity contribution in [2.45, 2.75) is 19.2 Å². The van der Waals surface area contributed by atoms with Gasteiger partial charge in [0.25, 0.3) is 6.71 Å². The highest BCUT2D eigenvalue weighted by atomic mass is 32.2. The van der Waals surface area contributed by atoms with Gasteiger partial charge in [-0.25, -0.2) is 18.3 Å². The zero-order chi connectivity index (χ0) is 19.2. The van der Waals surface area contributed by atoms with Gasteiger partial charge in [-0.2, -0.15) is 0 Å². The van der Waals surface area contributed by atoms with Gasteiger partial charge in [-0.15, -0.1) is 0 Å². The predicted octanol–water partition coefficient (Wildman–Crippen LogP) is 5.05. The van der Waals surface area contributed by atoms with Crippen LogP contribution in [0.5, 0.6) is 0 Å². The first-order valence-corrected chi connectivity index (χ1v) is 9.58. The highest BCUT2D eigenvalue weighted by molar-refractivity contribution is 7.98. The average Bonchev–Trinajstić information content (AvgIpc) is 2.69. The van der Waals surface area contributed by atoms with Crippen LogP contribution in [-0.4, -0.2) is 24.1 Å². The second kappa shape index (κ2) is 9.07. The first-order valence-electron chi connectivity index (χ1n) is 8.85. The number of rotatable bonds is 6. The van der Waals surface area contributed by atoms with Gasteiger partial charge in [-0.3, -0.25) is 4.31 Å². The van der Waals surface area contributed by atoms with Crippen LogP contribution in [0.3, 0.4) is 0 Å². The fraction of sp³-hybridized carbons (Fsp3) is 0.250. The van der Waals surface area contributed by atoms with Crippen molar-refractivity contribution in [3.05, 3.63) is 71.8 Å². The SMILES string of the molecule is C=Cc1ccc(CN(SN2CCB(C#N)CC2)c2cccc(F)c2)c(F)c1. The lowest BCUT2D eigenvalue weighted by molar-refractivity contribution is 0.501. The standard InChI is InChI=1S/C20H20BF2N3S/c1-2-16-6-7-17(20(23)12-16)14-26(19-5-3-4-18(22)13-19)27-25-10-8-21(15-24)9-11-25/h2-7,12-13H,1,8-11,14H2. The number of hydrogen-bond acceptors (Lipinski definition) is 4. The Kier molecular flexibility index (Phi) is 6.54. The summed E-state index contributed by atoms with van der Waals surface area (Å²) >= 11 is 1.46. The Hall–Kier alpha value is -2.30. The van der Waals surface area contributed by atoms with Crippen molar-refractivity contribution in [2.75, 3.05) is 17.4 Å². The maximum Gasteiger partial charge on any atom is 0.270 e. The van der Waals surface area contributed by atoms with Crippen LogP contribution in [0.15, 0.2) is 49.0 Å². The van der Waals surface area contributed by atoms with Crippen LogP contribution < -0.4 is 4.31 Å². The van der Waals surface area contributed by atoms with Crippen molar-refractivity contribution in [1.82, 2.24) is 4.31 Å². The van der Waals surface area contributed by atoms with Gasteiger partial charge in [-0.05, 0) is 42.5 Å². The van der Waals surface area contributed by atoms with E-state index in [1.165, 1.54) is 30.3 Å². The van der Waals surface area contributed by atoms with Gasteiger partial charge in [-0.1, -0.05) is 30.9 Å². The van der Waals surface area contributed by atoms with Crippen molar-refractivity contribution in [3.63, 3.8) is 0 Å². The minimum absolute atomic E-state index is 0.0911. The van der Waals surface area contributed by atoms with Crippen LogP contribution in [0.2, 0.25) is 12.6 Å². The van der Waals surface area contributed by atoms with Crippen molar-refractivity contribution < 1.29 is 8.78 Å². The second-order valence-electron chi connectivity index (χ2n) is 6.49. The first-order chi connectivity index (χ1) is 13.1. The molecule has 0 amide bonds. The summed E-state index contributed by atoms with van der Waals surface area (Å²) in [6.45, 7) is 5.59. The summed E-state index contributed by atoms with van der Waals surface area (Å²) in [5, 5.41) is 9.06. The Morgan fingerprint density at radius 3 is 2.63 bits per heavy atom. The van der Waals surface area contributed by atoms with E-state index in [9.17, 15) is 8.78 Å². The monoisotopic (exact) mass is 383 g/mol. The molecule has 1 saturated heterocycles. The Morgan fingerprint density at radius 1 is 1.22 bits per heavy atom. The van der Waals surface area contributed by atoms with Gasteiger partial charge in [0.2, 0.25) is 0 Å². The first kappa shape index (κ1) is 19.5. The molecule has 138 valence electrons. The molecule has 27 heavy (non-hydrogen) atoms. The molecule has 0 aliphatic carbocycles. The van der Waals surface area contributed by atoms with Crippen LogP contribution in [0.25, 0.3) is 6.08 Å². The third-order valence-electron chi connectivity index (χ3n) is 4.57. The van der Waals surface area contributed by atoms with E-state index in [0.717, 1.165) is 31.3 Å². The summed E-state index contributed by atoms with van der Waals surface area (Å²) in [7, 11) is 0. The molecule has 0 N–H and O–H groups in total. The topological polar surface area (TPSA) is 30.3 Å². The Bertz CT molecular complexity index is 847. The van der Waals surface area contributed by atoms with Crippen LogP contribution in [0.4, 0.5) is 14.5 Å². The zero-order valence-corrected chi connectivity index (χ0v) is 15.8. The molecule has 1 aliphatic rings. The van der Waals surface area contributed by atoms with Crippen LogP contribution >= 0.6 is 12.1 Å². The molecular weight excluding hydrogens is 363 g/mol. The Balaban J connectivity index is 1.80. The molecule has 0 radical (unpaired) electrons. The molecular formula is C20H20BF2N3S. The van der Waals surface area contributed by atoms with Crippen LogP contribution in [0, 0.1) is 22.9 Å². The quantitative estimate of drug-likeness (QED) is 0.516. The minimum Gasteiger partial charge on any atom is -0.299 e. The van der Waals surface area contributed by atoms with Crippen LogP contribution in [0.1, 0.15) is 11.1 Å². The van der Waals surface area contributed by atoms with E-state index in [0.29, 0.717) is 17.8 Å². The van der Waals surface area contributed by atoms with Crippen LogP contribution in [-0.2, 0) is 6.54 Å². The van der Waals surface area contributed by atoms with Gasteiger partial charge >= 0.3 is 0 Å². The molecule has 0 atom stereocenters. The summed E-state index contributed by atoms with van der Waals surface area (Å²) in [5.41, 5.74) is 1.93. The summed E-state index contributed by atoms with van der Waals surface area (Å²) in [5.74, 6) is 1.68. The maximum absolute atomic E-state index is 14.5. The Morgan fingerprint density at radius 2 is 2.00 bits per heavy atom. The summed E-state index contributed by atoms with van der Waals surface area (Å²) < 4.78 is 32.2. The highest BCUT2D eigenvalue weighted by Crippen LogP contribution is 2.31. The lowest BCUT2D eigenvalue weighted by atomic mass is 9.45. The molecule has 0 spiro atoms. The van der Waals surface area contributed by atoms with Gasteiger partial charge in [0.05, 0.1) is 12.2 Å². The van der Waals surface area contributed by atoms with Gasteiger partial charge in [0.1, 0.15) is 11.6 Å². The number of benzene rings is 2. The molecule has 0 bridgehead atoms.